The zero-order valence-electron chi connectivity index (χ0n) is 12.2. The summed E-state index contributed by atoms with van der Waals surface area (Å²) in [6.45, 7) is 0. The molecule has 2 rings (SSSR count). The average Bonchev–Trinajstić information content (AvgIpc) is 2.75. The number of rotatable bonds is 5. The summed E-state index contributed by atoms with van der Waals surface area (Å²) in [4.78, 5) is 33.6. The first-order valence-corrected chi connectivity index (χ1v) is 6.18. The molecule has 0 bridgehead atoms. The van der Waals surface area contributed by atoms with Gasteiger partial charge in [0.05, 0.1) is 18.4 Å². The van der Waals surface area contributed by atoms with Crippen LogP contribution in [-0.4, -0.2) is 33.6 Å². The van der Waals surface area contributed by atoms with Gasteiger partial charge in [-0.25, -0.2) is 0 Å². The number of nitrogens with zero attached hydrogens (tertiary/aromatic N) is 1. The van der Waals surface area contributed by atoms with Gasteiger partial charge in [0.25, 0.3) is 5.91 Å². The Morgan fingerprint density at radius 1 is 1.32 bits per heavy atom. The minimum atomic E-state index is -1.63. The topological polar surface area (TPSA) is 111 Å². The maximum atomic E-state index is 12.1. The Labute approximate surface area is 168 Å². The molecule has 110 valence electrons. The molecular weight excluding hydrogens is 315 g/mol. The van der Waals surface area contributed by atoms with E-state index < -0.39 is 30.3 Å². The van der Waals surface area contributed by atoms with E-state index in [9.17, 15) is 19.5 Å². The van der Waals surface area contributed by atoms with Crippen molar-refractivity contribution in [2.75, 3.05) is 0 Å². The molecule has 2 aromatic rings. The monoisotopic (exact) mass is 328 g/mol. The Balaban J connectivity index is 0.00000242. The van der Waals surface area contributed by atoms with E-state index in [1.165, 1.54) is 0 Å². The van der Waals surface area contributed by atoms with E-state index in [1.807, 2.05) is 24.3 Å². The second kappa shape index (κ2) is 7.88. The maximum absolute atomic E-state index is 12.1. The van der Waals surface area contributed by atoms with E-state index in [2.05, 4.69) is 5.32 Å². The molecule has 0 fully saturated rings. The van der Waals surface area contributed by atoms with Crippen molar-refractivity contribution in [3.63, 3.8) is 0 Å². The molecule has 0 aliphatic heterocycles. The fourth-order valence-electron chi connectivity index (χ4n) is 2.11. The van der Waals surface area contributed by atoms with E-state index >= 15 is 0 Å². The molecule has 1 aromatic carbocycles. The third-order valence-electron chi connectivity index (χ3n) is 3.15. The fraction of sp³-hybridized carbons (Fsp3) is 0.214. The van der Waals surface area contributed by atoms with E-state index in [1.54, 1.807) is 17.7 Å². The van der Waals surface area contributed by atoms with Gasteiger partial charge in [-0.2, -0.15) is 0 Å². The third-order valence-corrected chi connectivity index (χ3v) is 3.15. The number of benzene rings is 1. The van der Waals surface area contributed by atoms with Crippen LogP contribution in [0.5, 0.6) is 0 Å². The zero-order chi connectivity index (χ0) is 15.6. The van der Waals surface area contributed by atoms with Gasteiger partial charge in [0, 0.05) is 18.0 Å². The van der Waals surface area contributed by atoms with Crippen LogP contribution in [-0.2, 0) is 16.6 Å². The van der Waals surface area contributed by atoms with Crippen LogP contribution in [0.15, 0.2) is 30.3 Å². The molecule has 1 heterocycles. The van der Waals surface area contributed by atoms with E-state index in [4.69, 9.17) is 5.11 Å². The summed E-state index contributed by atoms with van der Waals surface area (Å²) < 4.78 is 1.61. The van der Waals surface area contributed by atoms with Gasteiger partial charge < -0.3 is 24.9 Å². The van der Waals surface area contributed by atoms with Gasteiger partial charge in [0.15, 0.2) is 0 Å². The predicted octanol–water partition coefficient (Wildman–Crippen LogP) is -3.49. The first kappa shape index (κ1) is 18.9. The van der Waals surface area contributed by atoms with Crippen molar-refractivity contribution in [3.05, 3.63) is 36.0 Å². The number of nitrogens with one attached hydrogen (secondary N) is 1. The minimum absolute atomic E-state index is 0. The first-order valence-electron chi connectivity index (χ1n) is 6.18. The van der Waals surface area contributed by atoms with Crippen molar-refractivity contribution in [3.8, 4) is 0 Å². The summed E-state index contributed by atoms with van der Waals surface area (Å²) in [5, 5.41) is 22.5. The van der Waals surface area contributed by atoms with Crippen LogP contribution in [0.1, 0.15) is 16.9 Å². The number of fused-ring (bicyclic) bond motifs is 1. The molecule has 0 saturated carbocycles. The Hall–Kier alpha value is -1.19. The van der Waals surface area contributed by atoms with Crippen LogP contribution in [0, 0.1) is 0 Å². The van der Waals surface area contributed by atoms with Crippen LogP contribution in [0.25, 0.3) is 10.9 Å². The minimum Gasteiger partial charge on any atom is -0.548 e. The normalized spacial score (nSPS) is 11.5. The summed E-state index contributed by atoms with van der Waals surface area (Å²) in [7, 11) is 1.67. The van der Waals surface area contributed by atoms with Gasteiger partial charge in [0.1, 0.15) is 5.69 Å². The van der Waals surface area contributed by atoms with Gasteiger partial charge in [0.2, 0.25) is 0 Å². The zero-order valence-corrected chi connectivity index (χ0v) is 15.3. The van der Waals surface area contributed by atoms with Crippen molar-refractivity contribution >= 4 is 28.7 Å². The molecule has 0 saturated heterocycles. The number of aryl methyl sites for hydroxylation is 1. The second-order valence-corrected chi connectivity index (χ2v) is 4.59. The molecule has 0 radical (unpaired) electrons. The largest absolute Gasteiger partial charge is 1.00 e. The molecule has 1 aromatic heterocycles. The molecule has 22 heavy (non-hydrogen) atoms. The average molecular weight is 328 g/mol. The standard InChI is InChI=1S/C14H14N2O5.K/c1-16-10-5-3-2-4-8(10)6-11(16)13(19)15-9(14(20)21)7-12(17)18;/h2-6,9H,7H2,1H3,(H,15,19)(H,17,18)(H,20,21);/q;+1/p-1. The quantitative estimate of drug-likeness (QED) is 0.553. The van der Waals surface area contributed by atoms with Crippen LogP contribution in [0.2, 0.25) is 0 Å². The number of aromatic nitrogens is 1. The van der Waals surface area contributed by atoms with Crippen molar-refractivity contribution in [1.82, 2.24) is 9.88 Å². The van der Waals surface area contributed by atoms with Crippen molar-refractivity contribution < 1.29 is 76.0 Å². The Morgan fingerprint density at radius 2 is 1.95 bits per heavy atom. The molecular formula is C14H13KN2O5. The van der Waals surface area contributed by atoms with Crippen molar-refractivity contribution in [2.45, 2.75) is 12.5 Å². The number of carbonyl (C=O) groups is 3. The number of carboxylic acids is 2. The van der Waals surface area contributed by atoms with Crippen molar-refractivity contribution in [1.29, 1.82) is 0 Å². The molecule has 2 N–H and O–H groups in total. The first-order chi connectivity index (χ1) is 9.90. The summed E-state index contributed by atoms with van der Waals surface area (Å²) >= 11 is 0. The summed E-state index contributed by atoms with van der Waals surface area (Å²) in [5.74, 6) is -3.63. The van der Waals surface area contributed by atoms with Gasteiger partial charge >= 0.3 is 57.4 Å². The molecule has 1 atom stereocenters. The molecule has 1 unspecified atom stereocenters. The number of amides is 1. The fourth-order valence-corrected chi connectivity index (χ4v) is 2.11. The Morgan fingerprint density at radius 3 is 2.50 bits per heavy atom. The molecule has 8 heteroatoms. The molecule has 0 spiro atoms. The van der Waals surface area contributed by atoms with Gasteiger partial charge in [-0.05, 0) is 12.1 Å². The Kier molecular flexibility index (Phi) is 6.76. The summed E-state index contributed by atoms with van der Waals surface area (Å²) in [6, 6.07) is 7.31. The number of aliphatic carboxylic acids is 2. The van der Waals surface area contributed by atoms with Crippen LogP contribution in [0.3, 0.4) is 0 Å². The smallest absolute Gasteiger partial charge is 0.548 e. The molecule has 1 amide bonds. The number of carboxylic acid groups (broad SMARTS) is 2. The van der Waals surface area contributed by atoms with Crippen LogP contribution < -0.4 is 61.8 Å². The predicted molar refractivity (Wildman–Crippen MR) is 71.4 cm³/mol. The van der Waals surface area contributed by atoms with Crippen LogP contribution in [0.4, 0.5) is 0 Å². The van der Waals surface area contributed by atoms with Gasteiger partial charge in [-0.15, -0.1) is 0 Å². The van der Waals surface area contributed by atoms with E-state index in [-0.39, 0.29) is 57.1 Å². The maximum Gasteiger partial charge on any atom is 1.00 e. The van der Waals surface area contributed by atoms with Crippen molar-refractivity contribution in [2.24, 2.45) is 7.05 Å². The number of para-hydroxylation sites is 1. The molecule has 7 nitrogen and oxygen atoms in total. The number of carbonyl (C=O) groups excluding carboxylic acids is 2. The summed E-state index contributed by atoms with van der Waals surface area (Å²) in [5.41, 5.74) is 1.05. The van der Waals surface area contributed by atoms with E-state index in [0.717, 1.165) is 10.9 Å². The SMILES string of the molecule is Cn1c(C(=O)NC(CC(=O)O)C(=O)[O-])cc2ccccc21.[K+]. The van der Waals surface area contributed by atoms with E-state index in [0.29, 0.717) is 0 Å². The Bertz CT molecular complexity index is 725. The van der Waals surface area contributed by atoms with Gasteiger partial charge in [-0.3, -0.25) is 9.59 Å². The number of hydrogen-bond donors (Lipinski definition) is 2. The molecule has 0 aliphatic carbocycles. The third kappa shape index (κ3) is 4.17. The van der Waals surface area contributed by atoms with Gasteiger partial charge in [-0.1, -0.05) is 18.2 Å². The van der Waals surface area contributed by atoms with Crippen LogP contribution >= 0.6 is 0 Å². The second-order valence-electron chi connectivity index (χ2n) is 4.59. The number of hydrogen-bond acceptors (Lipinski definition) is 4. The summed E-state index contributed by atoms with van der Waals surface area (Å²) in [6.07, 6.45) is -0.738. The molecule has 0 aliphatic rings.